The van der Waals surface area contributed by atoms with E-state index in [0.717, 1.165) is 10.9 Å². The van der Waals surface area contributed by atoms with Crippen molar-refractivity contribution < 1.29 is 5.11 Å². The summed E-state index contributed by atoms with van der Waals surface area (Å²) in [6.07, 6.45) is 0.923. The maximum Gasteiger partial charge on any atom is 0.130 e. The summed E-state index contributed by atoms with van der Waals surface area (Å²) in [5.41, 5.74) is 5.06. The number of hydrogen-bond acceptors (Lipinski definition) is 1. The Balaban J connectivity index is 2.29. The molecule has 0 atom stereocenters. The number of rotatable bonds is 0. The predicted octanol–water partition coefficient (Wildman–Crippen LogP) is 3.73. The summed E-state index contributed by atoms with van der Waals surface area (Å²) in [7, 11) is 0. The molecule has 15 heavy (non-hydrogen) atoms. The molecule has 0 radical (unpaired) electrons. The van der Waals surface area contributed by atoms with Gasteiger partial charge in [0.05, 0.1) is 4.47 Å². The van der Waals surface area contributed by atoms with E-state index in [9.17, 15) is 5.11 Å². The highest BCUT2D eigenvalue weighted by atomic mass is 79.9. The van der Waals surface area contributed by atoms with Crippen LogP contribution < -0.4 is 0 Å². The first-order valence-corrected chi connectivity index (χ1v) is 5.64. The predicted molar refractivity (Wildman–Crippen MR) is 64.0 cm³/mol. The van der Waals surface area contributed by atoms with E-state index in [4.69, 9.17) is 0 Å². The number of phenolic OH excluding ortho intramolecular Hbond substituents is 1. The SMILES string of the molecule is Oc1cc2c(cc1Br)-c1ccccc1C2. The highest BCUT2D eigenvalue weighted by molar-refractivity contribution is 9.10. The van der Waals surface area contributed by atoms with Crippen molar-refractivity contribution in [2.24, 2.45) is 0 Å². The lowest BCUT2D eigenvalue weighted by Crippen LogP contribution is -1.80. The molecule has 0 fully saturated rings. The Morgan fingerprint density at radius 3 is 2.67 bits per heavy atom. The molecule has 1 aliphatic rings. The van der Waals surface area contributed by atoms with Gasteiger partial charge in [-0.15, -0.1) is 0 Å². The largest absolute Gasteiger partial charge is 0.507 e. The normalized spacial score (nSPS) is 12.3. The van der Waals surface area contributed by atoms with E-state index >= 15 is 0 Å². The first-order valence-electron chi connectivity index (χ1n) is 4.85. The Morgan fingerprint density at radius 2 is 1.80 bits per heavy atom. The molecule has 3 rings (SSSR count). The summed E-state index contributed by atoms with van der Waals surface area (Å²) in [4.78, 5) is 0. The van der Waals surface area contributed by atoms with Crippen molar-refractivity contribution in [3.63, 3.8) is 0 Å². The molecule has 2 aromatic carbocycles. The first kappa shape index (κ1) is 8.98. The molecule has 0 amide bonds. The molecule has 0 spiro atoms. The van der Waals surface area contributed by atoms with Crippen LogP contribution in [0.3, 0.4) is 0 Å². The van der Waals surface area contributed by atoms with E-state index in [1.807, 2.05) is 12.1 Å². The van der Waals surface area contributed by atoms with Crippen LogP contribution in [0.1, 0.15) is 11.1 Å². The summed E-state index contributed by atoms with van der Waals surface area (Å²) < 4.78 is 0.762. The number of phenols is 1. The average Bonchev–Trinajstić information content (AvgIpc) is 2.57. The number of aromatic hydroxyl groups is 1. The fourth-order valence-electron chi connectivity index (χ4n) is 2.14. The molecular weight excluding hydrogens is 252 g/mol. The van der Waals surface area contributed by atoms with Gasteiger partial charge in [-0.1, -0.05) is 24.3 Å². The zero-order chi connectivity index (χ0) is 10.4. The lowest BCUT2D eigenvalue weighted by molar-refractivity contribution is 0.471. The number of halogens is 1. The van der Waals surface area contributed by atoms with Crippen molar-refractivity contribution in [1.82, 2.24) is 0 Å². The molecule has 0 bridgehead atoms. The lowest BCUT2D eigenvalue weighted by Gasteiger charge is -2.03. The summed E-state index contributed by atoms with van der Waals surface area (Å²) >= 11 is 3.35. The van der Waals surface area contributed by atoms with Gasteiger partial charge in [0.1, 0.15) is 5.75 Å². The van der Waals surface area contributed by atoms with Crippen LogP contribution in [0.4, 0.5) is 0 Å². The third kappa shape index (κ3) is 1.29. The summed E-state index contributed by atoms with van der Waals surface area (Å²) in [6, 6.07) is 12.2. The number of hydrogen-bond donors (Lipinski definition) is 1. The van der Waals surface area contributed by atoms with Crippen LogP contribution in [0.25, 0.3) is 11.1 Å². The standard InChI is InChI=1S/C13H9BrO/c14-12-7-11-9(6-13(12)15)5-8-3-1-2-4-10(8)11/h1-4,6-7,15H,5H2. The molecule has 2 heteroatoms. The molecule has 2 aromatic rings. The minimum atomic E-state index is 0.321. The van der Waals surface area contributed by atoms with Gasteiger partial charge in [-0.25, -0.2) is 0 Å². The Bertz CT molecular complexity index is 546. The third-order valence-electron chi connectivity index (χ3n) is 2.86. The van der Waals surface area contributed by atoms with E-state index < -0.39 is 0 Å². The fourth-order valence-corrected chi connectivity index (χ4v) is 2.49. The van der Waals surface area contributed by atoms with Gasteiger partial charge < -0.3 is 5.11 Å². The monoisotopic (exact) mass is 260 g/mol. The quantitative estimate of drug-likeness (QED) is 0.653. The van der Waals surface area contributed by atoms with Crippen LogP contribution in [0.15, 0.2) is 40.9 Å². The smallest absolute Gasteiger partial charge is 0.130 e. The molecular formula is C13H9BrO. The van der Waals surface area contributed by atoms with Crippen LogP contribution in [0, 0.1) is 0 Å². The van der Waals surface area contributed by atoms with Crippen LogP contribution in [0.2, 0.25) is 0 Å². The third-order valence-corrected chi connectivity index (χ3v) is 3.50. The van der Waals surface area contributed by atoms with Crippen LogP contribution in [-0.4, -0.2) is 5.11 Å². The van der Waals surface area contributed by atoms with Crippen molar-refractivity contribution in [2.75, 3.05) is 0 Å². The van der Waals surface area contributed by atoms with Gasteiger partial charge >= 0.3 is 0 Å². The molecule has 1 aliphatic carbocycles. The van der Waals surface area contributed by atoms with E-state index in [0.29, 0.717) is 5.75 Å². The van der Waals surface area contributed by atoms with Crippen molar-refractivity contribution in [3.05, 3.63) is 52.0 Å². The molecule has 0 unspecified atom stereocenters. The first-order chi connectivity index (χ1) is 7.25. The van der Waals surface area contributed by atoms with Crippen LogP contribution in [0.5, 0.6) is 5.75 Å². The summed E-state index contributed by atoms with van der Waals surface area (Å²) in [5.74, 6) is 0.321. The van der Waals surface area contributed by atoms with E-state index in [1.165, 1.54) is 22.3 Å². The maximum atomic E-state index is 9.62. The zero-order valence-electron chi connectivity index (χ0n) is 8.00. The molecule has 0 aliphatic heterocycles. The molecule has 0 heterocycles. The van der Waals surface area contributed by atoms with Gasteiger partial charge in [0, 0.05) is 0 Å². The number of benzene rings is 2. The van der Waals surface area contributed by atoms with Gasteiger partial charge in [-0.2, -0.15) is 0 Å². The second-order valence-electron chi connectivity index (χ2n) is 3.79. The highest BCUT2D eigenvalue weighted by Crippen LogP contribution is 2.40. The van der Waals surface area contributed by atoms with E-state index in [2.05, 4.69) is 40.2 Å². The van der Waals surface area contributed by atoms with Crippen molar-refractivity contribution >= 4 is 15.9 Å². The minimum Gasteiger partial charge on any atom is -0.507 e. The fraction of sp³-hybridized carbons (Fsp3) is 0.0769. The molecule has 1 nitrogen and oxygen atoms in total. The summed E-state index contributed by atoms with van der Waals surface area (Å²) in [5, 5.41) is 9.62. The second-order valence-corrected chi connectivity index (χ2v) is 4.65. The topological polar surface area (TPSA) is 20.2 Å². The second kappa shape index (κ2) is 3.11. The van der Waals surface area contributed by atoms with Crippen LogP contribution in [-0.2, 0) is 6.42 Å². The summed E-state index contributed by atoms with van der Waals surface area (Å²) in [6.45, 7) is 0. The van der Waals surface area contributed by atoms with E-state index in [-0.39, 0.29) is 0 Å². The highest BCUT2D eigenvalue weighted by Gasteiger charge is 2.19. The molecule has 0 saturated heterocycles. The van der Waals surface area contributed by atoms with Gasteiger partial charge in [-0.05, 0) is 56.7 Å². The zero-order valence-corrected chi connectivity index (χ0v) is 9.58. The van der Waals surface area contributed by atoms with Gasteiger partial charge in [0.15, 0.2) is 0 Å². The van der Waals surface area contributed by atoms with Gasteiger partial charge in [0.2, 0.25) is 0 Å². The number of fused-ring (bicyclic) bond motifs is 3. The molecule has 1 N–H and O–H groups in total. The van der Waals surface area contributed by atoms with Crippen molar-refractivity contribution in [2.45, 2.75) is 6.42 Å². The molecule has 0 aromatic heterocycles. The average molecular weight is 261 g/mol. The van der Waals surface area contributed by atoms with E-state index in [1.54, 1.807) is 0 Å². The Labute approximate surface area is 96.5 Å². The Morgan fingerprint density at radius 1 is 1.00 bits per heavy atom. The van der Waals surface area contributed by atoms with Crippen molar-refractivity contribution in [3.8, 4) is 16.9 Å². The van der Waals surface area contributed by atoms with Gasteiger partial charge in [0.25, 0.3) is 0 Å². The van der Waals surface area contributed by atoms with Crippen LogP contribution >= 0.6 is 15.9 Å². The lowest BCUT2D eigenvalue weighted by atomic mass is 10.1. The molecule has 74 valence electrons. The van der Waals surface area contributed by atoms with Gasteiger partial charge in [-0.3, -0.25) is 0 Å². The minimum absolute atomic E-state index is 0.321. The van der Waals surface area contributed by atoms with Crippen molar-refractivity contribution in [1.29, 1.82) is 0 Å². The Kier molecular flexibility index (Phi) is 1.86. The molecule has 0 saturated carbocycles. The maximum absolute atomic E-state index is 9.62. The Hall–Kier alpha value is -1.28.